The Labute approximate surface area is 107 Å². The summed E-state index contributed by atoms with van der Waals surface area (Å²) in [5, 5.41) is 8.67. The molecule has 1 N–H and O–H groups in total. The molecule has 0 radical (unpaired) electrons. The highest BCUT2D eigenvalue weighted by atomic mass is 32.2. The van der Waals surface area contributed by atoms with Crippen LogP contribution in [-0.2, 0) is 19.6 Å². The number of rotatable bonds is 7. The minimum Gasteiger partial charge on any atom is -0.481 e. The Bertz CT molecular complexity index is 398. The van der Waals surface area contributed by atoms with Crippen molar-refractivity contribution in [2.45, 2.75) is 44.2 Å². The van der Waals surface area contributed by atoms with Crippen LogP contribution in [0.4, 0.5) is 0 Å². The van der Waals surface area contributed by atoms with Crippen molar-refractivity contribution in [3.8, 4) is 0 Å². The van der Waals surface area contributed by atoms with Gasteiger partial charge in [0.2, 0.25) is 10.0 Å². The van der Waals surface area contributed by atoms with E-state index in [1.54, 1.807) is 0 Å². The fourth-order valence-corrected chi connectivity index (χ4v) is 4.18. The molecule has 2 fully saturated rings. The summed E-state index contributed by atoms with van der Waals surface area (Å²) in [6.45, 7) is 0.702. The van der Waals surface area contributed by atoms with Gasteiger partial charge in [0.15, 0.2) is 0 Å². The van der Waals surface area contributed by atoms with E-state index in [4.69, 9.17) is 9.84 Å². The molecule has 1 aliphatic carbocycles. The molecule has 0 aromatic rings. The second-order valence-electron chi connectivity index (χ2n) is 4.90. The van der Waals surface area contributed by atoms with Gasteiger partial charge in [-0.2, -0.15) is 4.31 Å². The zero-order valence-electron chi connectivity index (χ0n) is 10.2. The molecular weight excluding hydrogens is 258 g/mol. The Hall–Kier alpha value is -0.660. The summed E-state index contributed by atoms with van der Waals surface area (Å²) in [5.74, 6) is -0.976. The first kappa shape index (κ1) is 13.8. The van der Waals surface area contributed by atoms with Gasteiger partial charge in [-0.15, -0.1) is 0 Å². The molecule has 18 heavy (non-hydrogen) atoms. The quantitative estimate of drug-likeness (QED) is 0.729. The summed E-state index contributed by atoms with van der Waals surface area (Å²) in [6, 6.07) is 0.00996. The fourth-order valence-electron chi connectivity index (χ4n) is 2.22. The van der Waals surface area contributed by atoms with Crippen LogP contribution in [0.1, 0.15) is 32.1 Å². The maximum atomic E-state index is 12.2. The fraction of sp³-hybridized carbons (Fsp3) is 0.909. The highest BCUT2D eigenvalue weighted by Crippen LogP contribution is 2.30. The van der Waals surface area contributed by atoms with Gasteiger partial charge in [-0.25, -0.2) is 8.42 Å². The molecule has 1 aliphatic heterocycles. The van der Waals surface area contributed by atoms with Gasteiger partial charge in [0.25, 0.3) is 0 Å². The van der Waals surface area contributed by atoms with Crippen molar-refractivity contribution in [1.29, 1.82) is 0 Å². The molecule has 0 spiro atoms. The van der Waals surface area contributed by atoms with E-state index in [1.165, 1.54) is 4.31 Å². The average Bonchev–Trinajstić information content (AvgIpc) is 2.96. The van der Waals surface area contributed by atoms with Crippen LogP contribution >= 0.6 is 0 Å². The van der Waals surface area contributed by atoms with Crippen LogP contribution in [0.2, 0.25) is 0 Å². The lowest BCUT2D eigenvalue weighted by atomic mass is 10.3. The van der Waals surface area contributed by atoms with Gasteiger partial charge in [0, 0.05) is 19.2 Å². The van der Waals surface area contributed by atoms with Crippen LogP contribution in [0.15, 0.2) is 0 Å². The third-order valence-electron chi connectivity index (χ3n) is 3.28. The number of carboxylic acid groups (broad SMARTS) is 1. The smallest absolute Gasteiger partial charge is 0.304 e. The first-order valence-electron chi connectivity index (χ1n) is 6.32. The summed E-state index contributed by atoms with van der Waals surface area (Å²) >= 11 is 0. The van der Waals surface area contributed by atoms with Crippen molar-refractivity contribution in [3.63, 3.8) is 0 Å². The van der Waals surface area contributed by atoms with E-state index < -0.39 is 16.0 Å². The Morgan fingerprint density at radius 2 is 2.06 bits per heavy atom. The molecule has 1 atom stereocenters. The number of carboxylic acids is 1. The lowest BCUT2D eigenvalue weighted by Crippen LogP contribution is -2.39. The first-order chi connectivity index (χ1) is 8.49. The van der Waals surface area contributed by atoms with E-state index in [1.807, 2.05) is 0 Å². The van der Waals surface area contributed by atoms with Crippen LogP contribution in [0.3, 0.4) is 0 Å². The zero-order chi connectivity index (χ0) is 13.2. The van der Waals surface area contributed by atoms with Gasteiger partial charge in [-0.3, -0.25) is 4.79 Å². The maximum Gasteiger partial charge on any atom is 0.304 e. The van der Waals surface area contributed by atoms with Gasteiger partial charge < -0.3 is 9.84 Å². The number of sulfonamides is 1. The monoisotopic (exact) mass is 277 g/mol. The molecule has 1 saturated carbocycles. The molecule has 0 aromatic carbocycles. The van der Waals surface area contributed by atoms with Gasteiger partial charge in [0.05, 0.1) is 18.3 Å². The molecular formula is C11H19NO5S. The third kappa shape index (κ3) is 3.66. The summed E-state index contributed by atoms with van der Waals surface area (Å²) in [4.78, 5) is 10.6. The molecule has 1 unspecified atom stereocenters. The van der Waals surface area contributed by atoms with Crippen molar-refractivity contribution in [2.24, 2.45) is 0 Å². The summed E-state index contributed by atoms with van der Waals surface area (Å²) in [5.41, 5.74) is 0. The Kier molecular flexibility index (Phi) is 4.24. The van der Waals surface area contributed by atoms with E-state index in [2.05, 4.69) is 0 Å². The molecule has 2 rings (SSSR count). The van der Waals surface area contributed by atoms with Gasteiger partial charge >= 0.3 is 5.97 Å². The van der Waals surface area contributed by atoms with E-state index in [9.17, 15) is 13.2 Å². The molecule has 0 aromatic heterocycles. The van der Waals surface area contributed by atoms with E-state index in [-0.39, 0.29) is 30.9 Å². The maximum absolute atomic E-state index is 12.2. The Morgan fingerprint density at radius 1 is 1.33 bits per heavy atom. The van der Waals surface area contributed by atoms with Crippen LogP contribution < -0.4 is 0 Å². The minimum absolute atomic E-state index is 0.00996. The predicted octanol–water partition coefficient (Wildman–Crippen LogP) is 0.434. The molecule has 1 heterocycles. The van der Waals surface area contributed by atoms with Crippen molar-refractivity contribution in [1.82, 2.24) is 4.31 Å². The largest absolute Gasteiger partial charge is 0.481 e. The van der Waals surface area contributed by atoms with Crippen LogP contribution in [0, 0.1) is 0 Å². The third-order valence-corrected chi connectivity index (χ3v) is 5.27. The van der Waals surface area contributed by atoms with Crippen molar-refractivity contribution >= 4 is 16.0 Å². The molecule has 2 aliphatic rings. The number of nitrogens with zero attached hydrogens (tertiary/aromatic N) is 1. The lowest BCUT2D eigenvalue weighted by Gasteiger charge is -2.22. The van der Waals surface area contributed by atoms with E-state index in [0.29, 0.717) is 6.61 Å². The second kappa shape index (κ2) is 5.54. The van der Waals surface area contributed by atoms with Crippen molar-refractivity contribution in [3.05, 3.63) is 0 Å². The zero-order valence-corrected chi connectivity index (χ0v) is 11.1. The highest BCUT2D eigenvalue weighted by Gasteiger charge is 2.38. The number of hydrogen-bond acceptors (Lipinski definition) is 4. The molecule has 0 bridgehead atoms. The van der Waals surface area contributed by atoms with Crippen LogP contribution in [0.5, 0.6) is 0 Å². The average molecular weight is 277 g/mol. The summed E-state index contributed by atoms with van der Waals surface area (Å²) < 4.78 is 31.2. The highest BCUT2D eigenvalue weighted by molar-refractivity contribution is 7.89. The summed E-state index contributed by atoms with van der Waals surface area (Å²) in [7, 11) is -3.39. The standard InChI is InChI=1S/C11H19NO5S/c13-11(14)5-6-12(9-3-4-9)18(15,16)8-10-2-1-7-17-10/h9-10H,1-8H2,(H,13,14). The SMILES string of the molecule is O=C(O)CCN(C1CC1)S(=O)(=O)CC1CCCO1. The number of hydrogen-bond donors (Lipinski definition) is 1. The van der Waals surface area contributed by atoms with Gasteiger partial charge in [-0.05, 0) is 25.7 Å². The number of aliphatic carboxylic acids is 1. The Balaban J connectivity index is 1.96. The van der Waals surface area contributed by atoms with E-state index in [0.717, 1.165) is 25.7 Å². The normalized spacial score (nSPS) is 24.6. The Morgan fingerprint density at radius 3 is 2.56 bits per heavy atom. The molecule has 0 amide bonds. The minimum atomic E-state index is -3.39. The lowest BCUT2D eigenvalue weighted by molar-refractivity contribution is -0.137. The number of ether oxygens (including phenoxy) is 1. The summed E-state index contributed by atoms with van der Waals surface area (Å²) in [6.07, 6.45) is 2.99. The van der Waals surface area contributed by atoms with Crippen LogP contribution in [0.25, 0.3) is 0 Å². The van der Waals surface area contributed by atoms with Crippen molar-refractivity contribution in [2.75, 3.05) is 18.9 Å². The molecule has 6 nitrogen and oxygen atoms in total. The predicted molar refractivity (Wildman–Crippen MR) is 64.7 cm³/mol. The van der Waals surface area contributed by atoms with Crippen molar-refractivity contribution < 1.29 is 23.1 Å². The topological polar surface area (TPSA) is 83.9 Å². The molecule has 7 heteroatoms. The molecule has 1 saturated heterocycles. The number of carbonyl (C=O) groups is 1. The second-order valence-corrected chi connectivity index (χ2v) is 6.87. The van der Waals surface area contributed by atoms with Gasteiger partial charge in [-0.1, -0.05) is 0 Å². The van der Waals surface area contributed by atoms with E-state index >= 15 is 0 Å². The first-order valence-corrected chi connectivity index (χ1v) is 7.93. The van der Waals surface area contributed by atoms with Gasteiger partial charge in [0.1, 0.15) is 0 Å². The van der Waals surface area contributed by atoms with Crippen LogP contribution in [-0.4, -0.2) is 54.8 Å². The molecule has 104 valence electrons.